The molecule has 2 atom stereocenters. The highest BCUT2D eigenvalue weighted by molar-refractivity contribution is 7.99. The van der Waals surface area contributed by atoms with Crippen LogP contribution in [0.1, 0.15) is 46.1 Å². The Bertz CT molecular complexity index is 718. The number of hydrogen-bond acceptors (Lipinski definition) is 5. The number of aromatic nitrogens is 3. The molecule has 0 bridgehead atoms. The van der Waals surface area contributed by atoms with Crippen LogP contribution < -0.4 is 5.84 Å². The van der Waals surface area contributed by atoms with Gasteiger partial charge in [0.2, 0.25) is 11.1 Å². The minimum atomic E-state index is 0.110. The van der Waals surface area contributed by atoms with E-state index >= 15 is 0 Å². The summed E-state index contributed by atoms with van der Waals surface area (Å²) >= 11 is 1.33. The fourth-order valence-corrected chi connectivity index (χ4v) is 3.52. The number of carbonyl (C=O) groups excluding carboxylic acids is 1. The molecule has 0 saturated carbocycles. The van der Waals surface area contributed by atoms with Crippen LogP contribution in [0.5, 0.6) is 0 Å². The summed E-state index contributed by atoms with van der Waals surface area (Å²) in [6.07, 6.45) is 1.87. The van der Waals surface area contributed by atoms with Gasteiger partial charge in [0.05, 0.1) is 5.75 Å². The zero-order valence-corrected chi connectivity index (χ0v) is 17.1. The number of nitrogens with zero attached hydrogens (tertiary/aromatic N) is 4. The van der Waals surface area contributed by atoms with Crippen molar-refractivity contribution in [3.63, 3.8) is 0 Å². The molecule has 0 aliphatic carbocycles. The monoisotopic (exact) mass is 375 g/mol. The molecule has 142 valence electrons. The van der Waals surface area contributed by atoms with E-state index in [1.165, 1.54) is 22.0 Å². The zero-order chi connectivity index (χ0) is 19.3. The van der Waals surface area contributed by atoms with Crippen molar-refractivity contribution in [1.82, 2.24) is 19.8 Å². The van der Waals surface area contributed by atoms with Crippen molar-refractivity contribution < 1.29 is 4.79 Å². The van der Waals surface area contributed by atoms with Crippen LogP contribution >= 0.6 is 11.8 Å². The molecular formula is C19H29N5OS. The number of benzene rings is 1. The van der Waals surface area contributed by atoms with Crippen LogP contribution in [-0.2, 0) is 4.79 Å². The number of aryl methyl sites for hydroxylation is 1. The fourth-order valence-electron chi connectivity index (χ4n) is 2.80. The van der Waals surface area contributed by atoms with E-state index in [9.17, 15) is 4.79 Å². The Balaban J connectivity index is 2.09. The lowest BCUT2D eigenvalue weighted by molar-refractivity contribution is -0.132. The van der Waals surface area contributed by atoms with E-state index in [4.69, 9.17) is 5.84 Å². The minimum Gasteiger partial charge on any atom is -0.337 e. The molecule has 0 saturated heterocycles. The summed E-state index contributed by atoms with van der Waals surface area (Å²) in [5, 5.41) is 8.88. The van der Waals surface area contributed by atoms with Crippen LogP contribution in [0.4, 0.5) is 0 Å². The second kappa shape index (κ2) is 9.07. The van der Waals surface area contributed by atoms with Gasteiger partial charge in [0.15, 0.2) is 5.82 Å². The van der Waals surface area contributed by atoms with E-state index in [1.54, 1.807) is 0 Å². The largest absolute Gasteiger partial charge is 0.337 e. The van der Waals surface area contributed by atoms with Gasteiger partial charge in [0.25, 0.3) is 0 Å². The lowest BCUT2D eigenvalue weighted by atomic mass is 10.1. The molecule has 1 heterocycles. The average molecular weight is 376 g/mol. The summed E-state index contributed by atoms with van der Waals surface area (Å²) in [6.45, 7) is 10.4. The van der Waals surface area contributed by atoms with Crippen molar-refractivity contribution in [2.24, 2.45) is 0 Å². The summed E-state index contributed by atoms with van der Waals surface area (Å²) in [7, 11) is 0. The molecular weight excluding hydrogens is 346 g/mol. The van der Waals surface area contributed by atoms with Crippen LogP contribution in [0.25, 0.3) is 11.4 Å². The van der Waals surface area contributed by atoms with Gasteiger partial charge in [-0.2, -0.15) is 0 Å². The first-order valence-electron chi connectivity index (χ1n) is 9.10. The second-order valence-corrected chi connectivity index (χ2v) is 7.59. The maximum Gasteiger partial charge on any atom is 0.233 e. The van der Waals surface area contributed by atoms with Gasteiger partial charge < -0.3 is 10.7 Å². The molecule has 2 aromatic rings. The molecule has 2 rings (SSSR count). The summed E-state index contributed by atoms with van der Waals surface area (Å²) in [5.74, 6) is 7.16. The lowest BCUT2D eigenvalue weighted by Crippen LogP contribution is -2.45. The van der Waals surface area contributed by atoms with Gasteiger partial charge in [-0.25, -0.2) is 4.68 Å². The molecule has 0 radical (unpaired) electrons. The molecule has 0 aliphatic rings. The smallest absolute Gasteiger partial charge is 0.233 e. The van der Waals surface area contributed by atoms with E-state index in [0.717, 1.165) is 18.4 Å². The Labute approximate surface area is 160 Å². The molecule has 1 aromatic carbocycles. The van der Waals surface area contributed by atoms with E-state index in [-0.39, 0.29) is 18.0 Å². The normalized spacial score (nSPS) is 13.4. The van der Waals surface area contributed by atoms with Gasteiger partial charge in [-0.15, -0.1) is 10.2 Å². The topological polar surface area (TPSA) is 77.0 Å². The number of rotatable bonds is 8. The standard InChI is InChI=1S/C19H29N5OS/c1-6-14(4)23(15(5)7-2)17(25)12-26-19-22-21-18(24(19)20)16-10-8-13(3)9-11-16/h8-11,14-15H,6-7,12,20H2,1-5H3/t14-,15+. The number of hydrogen-bond donors (Lipinski definition) is 1. The molecule has 1 amide bonds. The highest BCUT2D eigenvalue weighted by Crippen LogP contribution is 2.23. The minimum absolute atomic E-state index is 0.110. The third-order valence-electron chi connectivity index (χ3n) is 4.72. The van der Waals surface area contributed by atoms with E-state index in [2.05, 4.69) is 37.9 Å². The highest BCUT2D eigenvalue weighted by Gasteiger charge is 2.24. The van der Waals surface area contributed by atoms with Crippen molar-refractivity contribution in [2.75, 3.05) is 11.6 Å². The van der Waals surface area contributed by atoms with Gasteiger partial charge >= 0.3 is 0 Å². The van der Waals surface area contributed by atoms with E-state index < -0.39 is 0 Å². The van der Waals surface area contributed by atoms with Gasteiger partial charge in [-0.05, 0) is 33.6 Å². The average Bonchev–Trinajstić information content (AvgIpc) is 3.01. The SMILES string of the molecule is CC[C@@H](C)N(C(=O)CSc1nnc(-c2ccc(C)cc2)n1N)[C@@H](C)CC. The molecule has 1 aromatic heterocycles. The van der Waals surface area contributed by atoms with Crippen LogP contribution in [0, 0.1) is 6.92 Å². The summed E-state index contributed by atoms with van der Waals surface area (Å²) in [6, 6.07) is 8.40. The third kappa shape index (κ3) is 4.58. The fraction of sp³-hybridized carbons (Fsp3) is 0.526. The molecule has 7 heteroatoms. The number of carbonyl (C=O) groups is 1. The maximum atomic E-state index is 12.7. The van der Waals surface area contributed by atoms with Crippen molar-refractivity contribution in [2.45, 2.75) is 64.7 Å². The first kappa shape index (κ1) is 20.3. The highest BCUT2D eigenvalue weighted by atomic mass is 32.2. The summed E-state index contributed by atoms with van der Waals surface area (Å²) in [5.41, 5.74) is 2.08. The summed E-state index contributed by atoms with van der Waals surface area (Å²) in [4.78, 5) is 14.7. The Morgan fingerprint density at radius 2 is 1.73 bits per heavy atom. The molecule has 6 nitrogen and oxygen atoms in total. The van der Waals surface area contributed by atoms with Gasteiger partial charge in [0.1, 0.15) is 0 Å². The van der Waals surface area contributed by atoms with Gasteiger partial charge in [0, 0.05) is 17.6 Å². The Kier molecular flexibility index (Phi) is 7.08. The quantitative estimate of drug-likeness (QED) is 0.564. The lowest BCUT2D eigenvalue weighted by Gasteiger charge is -2.34. The number of nitrogens with two attached hydrogens (primary N) is 1. The first-order chi connectivity index (χ1) is 12.4. The Hall–Kier alpha value is -2.02. The van der Waals surface area contributed by atoms with Gasteiger partial charge in [-0.1, -0.05) is 55.4 Å². The number of amides is 1. The maximum absolute atomic E-state index is 12.7. The predicted molar refractivity (Wildman–Crippen MR) is 107 cm³/mol. The van der Waals surface area contributed by atoms with Crippen LogP contribution in [0.15, 0.2) is 29.4 Å². The van der Waals surface area contributed by atoms with E-state index in [1.807, 2.05) is 36.1 Å². The van der Waals surface area contributed by atoms with Crippen molar-refractivity contribution in [3.8, 4) is 11.4 Å². The molecule has 0 spiro atoms. The first-order valence-corrected chi connectivity index (χ1v) is 10.1. The van der Waals surface area contributed by atoms with E-state index in [0.29, 0.717) is 16.7 Å². The third-order valence-corrected chi connectivity index (χ3v) is 5.65. The molecule has 0 unspecified atom stereocenters. The molecule has 2 N–H and O–H groups in total. The zero-order valence-electron chi connectivity index (χ0n) is 16.3. The van der Waals surface area contributed by atoms with Crippen LogP contribution in [0.2, 0.25) is 0 Å². The Morgan fingerprint density at radius 3 is 2.27 bits per heavy atom. The predicted octanol–water partition coefficient (Wildman–Crippen LogP) is 3.49. The van der Waals surface area contributed by atoms with Crippen molar-refractivity contribution in [1.29, 1.82) is 0 Å². The number of nitrogen functional groups attached to an aromatic ring is 1. The van der Waals surface area contributed by atoms with Crippen molar-refractivity contribution in [3.05, 3.63) is 29.8 Å². The second-order valence-electron chi connectivity index (χ2n) is 6.65. The van der Waals surface area contributed by atoms with Crippen LogP contribution in [0.3, 0.4) is 0 Å². The molecule has 0 aliphatic heterocycles. The van der Waals surface area contributed by atoms with Gasteiger partial charge in [-0.3, -0.25) is 4.79 Å². The summed E-state index contributed by atoms with van der Waals surface area (Å²) < 4.78 is 1.46. The van der Waals surface area contributed by atoms with Crippen molar-refractivity contribution >= 4 is 17.7 Å². The number of thioether (sulfide) groups is 1. The molecule has 0 fully saturated rings. The van der Waals surface area contributed by atoms with Crippen LogP contribution in [-0.4, -0.2) is 43.5 Å². The Morgan fingerprint density at radius 1 is 1.15 bits per heavy atom. The molecule has 26 heavy (non-hydrogen) atoms.